The third kappa shape index (κ3) is 5.87. The Balaban J connectivity index is 1.30. The van der Waals surface area contributed by atoms with E-state index in [2.05, 4.69) is 20.5 Å². The van der Waals surface area contributed by atoms with Crippen molar-refractivity contribution < 1.29 is 22.8 Å². The van der Waals surface area contributed by atoms with Crippen LogP contribution in [0.25, 0.3) is 32.7 Å². The molecule has 0 saturated carbocycles. The lowest BCUT2D eigenvalue weighted by atomic mass is 10.0. The Morgan fingerprint density at radius 2 is 1.22 bits per heavy atom. The fraction of sp³-hybridized carbons (Fsp3) is 0.0588. The maximum absolute atomic E-state index is 12.1. The molecule has 230 valence electrons. The Kier molecular flexibility index (Phi) is 8.16. The Labute approximate surface area is 264 Å². The van der Waals surface area contributed by atoms with Crippen molar-refractivity contribution in [2.75, 3.05) is 18.6 Å². The van der Waals surface area contributed by atoms with Crippen LogP contribution in [0.1, 0.15) is 5.56 Å². The lowest BCUT2D eigenvalue weighted by Gasteiger charge is -2.11. The number of aliphatic hydroxyl groups excluding tert-OH is 1. The van der Waals surface area contributed by atoms with Gasteiger partial charge in [0, 0.05) is 21.7 Å². The maximum atomic E-state index is 12.1. The van der Waals surface area contributed by atoms with Gasteiger partial charge in [0.2, 0.25) is 0 Å². The van der Waals surface area contributed by atoms with Gasteiger partial charge in [-0.25, -0.2) is 0 Å². The lowest BCUT2D eigenvalue weighted by Crippen LogP contribution is -2.01. The number of hydrogen-bond donors (Lipinski definition) is 4. The van der Waals surface area contributed by atoms with Gasteiger partial charge in [-0.15, -0.1) is 15.3 Å². The molecule has 0 atom stereocenters. The fourth-order valence-corrected chi connectivity index (χ4v) is 5.88. The van der Waals surface area contributed by atoms with Crippen molar-refractivity contribution in [1.29, 1.82) is 0 Å². The van der Waals surface area contributed by atoms with Gasteiger partial charge in [0.1, 0.15) is 27.7 Å². The highest BCUT2D eigenvalue weighted by Crippen LogP contribution is 2.39. The van der Waals surface area contributed by atoms with Gasteiger partial charge in [-0.05, 0) is 52.9 Å². The van der Waals surface area contributed by atoms with E-state index in [-0.39, 0.29) is 28.3 Å². The van der Waals surface area contributed by atoms with Gasteiger partial charge in [-0.2, -0.15) is 13.5 Å². The molecule has 6 rings (SSSR count). The van der Waals surface area contributed by atoms with Crippen molar-refractivity contribution >= 4 is 65.8 Å². The second kappa shape index (κ2) is 12.4. The Morgan fingerprint density at radius 1 is 0.652 bits per heavy atom. The molecule has 6 aromatic rings. The van der Waals surface area contributed by atoms with Crippen molar-refractivity contribution in [3.05, 3.63) is 109 Å². The van der Waals surface area contributed by atoms with Gasteiger partial charge < -0.3 is 21.3 Å². The number of aliphatic hydroxyl groups is 1. The van der Waals surface area contributed by atoms with E-state index in [1.807, 2.05) is 36.4 Å². The first-order valence-electron chi connectivity index (χ1n) is 14.0. The van der Waals surface area contributed by atoms with E-state index >= 15 is 0 Å². The number of rotatable bonds is 8. The quantitative estimate of drug-likeness (QED) is 0.0736. The Bertz CT molecular complexity index is 2300. The van der Waals surface area contributed by atoms with Gasteiger partial charge in [0.15, 0.2) is 0 Å². The van der Waals surface area contributed by atoms with Crippen LogP contribution in [0.3, 0.4) is 0 Å². The van der Waals surface area contributed by atoms with E-state index in [0.717, 1.165) is 21.9 Å². The van der Waals surface area contributed by atoms with Crippen LogP contribution in [0.5, 0.6) is 5.75 Å². The van der Waals surface area contributed by atoms with Crippen LogP contribution in [0, 0.1) is 0 Å². The van der Waals surface area contributed by atoms with Crippen molar-refractivity contribution in [3.63, 3.8) is 0 Å². The van der Waals surface area contributed by atoms with Gasteiger partial charge in [0.05, 0.1) is 30.8 Å². The third-order valence-electron chi connectivity index (χ3n) is 7.55. The van der Waals surface area contributed by atoms with Crippen LogP contribution in [0.4, 0.5) is 34.1 Å². The molecule has 6 aromatic carbocycles. The predicted molar refractivity (Wildman–Crippen MR) is 179 cm³/mol. The zero-order valence-electron chi connectivity index (χ0n) is 24.5. The van der Waals surface area contributed by atoms with Crippen molar-refractivity contribution in [2.45, 2.75) is 11.5 Å². The second-order valence-electron chi connectivity index (χ2n) is 10.3. The monoisotopic (exact) mass is 632 g/mol. The van der Waals surface area contributed by atoms with Crippen LogP contribution >= 0.6 is 0 Å². The summed E-state index contributed by atoms with van der Waals surface area (Å²) in [7, 11) is -3.07. The van der Waals surface area contributed by atoms with E-state index in [4.69, 9.17) is 16.2 Å². The minimum Gasteiger partial charge on any atom is -0.494 e. The molecule has 0 radical (unpaired) electrons. The van der Waals surface area contributed by atoms with Crippen LogP contribution in [0.2, 0.25) is 0 Å². The van der Waals surface area contributed by atoms with E-state index in [0.29, 0.717) is 39.4 Å². The molecule has 0 aliphatic rings. The zero-order chi connectivity index (χ0) is 32.4. The summed E-state index contributed by atoms with van der Waals surface area (Å²) in [6.07, 6.45) is 0. The number of ether oxygens (including phenoxy) is 1. The van der Waals surface area contributed by atoms with Crippen LogP contribution in [-0.2, 0) is 16.7 Å². The number of azo groups is 2. The number of benzene rings is 6. The highest BCUT2D eigenvalue weighted by molar-refractivity contribution is 7.86. The molecule has 0 fully saturated rings. The fourth-order valence-electron chi connectivity index (χ4n) is 5.16. The zero-order valence-corrected chi connectivity index (χ0v) is 25.3. The number of nitrogen functional groups attached to an aromatic ring is 2. The molecule has 0 aliphatic heterocycles. The number of nitrogens with two attached hydrogens (primary N) is 2. The van der Waals surface area contributed by atoms with Gasteiger partial charge >= 0.3 is 0 Å². The first kappa shape index (κ1) is 30.3. The first-order valence-corrected chi connectivity index (χ1v) is 15.4. The molecule has 46 heavy (non-hydrogen) atoms. The summed E-state index contributed by atoms with van der Waals surface area (Å²) >= 11 is 0. The average Bonchev–Trinajstić information content (AvgIpc) is 3.07. The molecule has 0 amide bonds. The molecular weight excluding hydrogens is 604 g/mol. The smallest absolute Gasteiger partial charge is 0.295 e. The van der Waals surface area contributed by atoms with E-state index in [1.54, 1.807) is 60.7 Å². The SMILES string of the molecule is COc1cc(-c2ccc(N=Nc3ccc4ccccc4c3N)c(CO)c2)ccc1N=Nc1cc(S(=O)(=O)O)c2ccccc2c1N. The molecule has 0 unspecified atom stereocenters. The number of fused-ring (bicyclic) bond motifs is 2. The van der Waals surface area contributed by atoms with E-state index in [9.17, 15) is 18.1 Å². The average molecular weight is 633 g/mol. The number of nitrogens with zero attached hydrogens (tertiary/aromatic N) is 4. The first-order chi connectivity index (χ1) is 22.2. The highest BCUT2D eigenvalue weighted by atomic mass is 32.2. The topological polar surface area (TPSA) is 185 Å². The molecule has 6 N–H and O–H groups in total. The summed E-state index contributed by atoms with van der Waals surface area (Å²) in [6.45, 7) is -0.266. The lowest BCUT2D eigenvalue weighted by molar-refractivity contribution is 0.282. The summed E-state index contributed by atoms with van der Waals surface area (Å²) in [5.41, 5.74) is 16.9. The summed E-state index contributed by atoms with van der Waals surface area (Å²) in [5.74, 6) is 0.386. The normalized spacial score (nSPS) is 12.1. The van der Waals surface area contributed by atoms with Gasteiger partial charge in [-0.3, -0.25) is 4.55 Å². The summed E-state index contributed by atoms with van der Waals surface area (Å²) in [6, 6.07) is 29.9. The Hall–Kier alpha value is -5.69. The number of methoxy groups -OCH3 is 1. The Morgan fingerprint density at radius 3 is 1.93 bits per heavy atom. The minimum atomic E-state index is -4.56. The highest BCUT2D eigenvalue weighted by Gasteiger charge is 2.19. The van der Waals surface area contributed by atoms with Crippen molar-refractivity contribution in [1.82, 2.24) is 0 Å². The van der Waals surface area contributed by atoms with Crippen LogP contribution < -0.4 is 16.2 Å². The molecule has 0 spiro atoms. The molecule has 11 nitrogen and oxygen atoms in total. The molecule has 0 heterocycles. The molecule has 0 aliphatic carbocycles. The maximum Gasteiger partial charge on any atom is 0.295 e. The minimum absolute atomic E-state index is 0.0697. The van der Waals surface area contributed by atoms with Crippen LogP contribution in [0.15, 0.2) is 128 Å². The van der Waals surface area contributed by atoms with E-state index in [1.165, 1.54) is 13.2 Å². The van der Waals surface area contributed by atoms with Crippen molar-refractivity contribution in [2.24, 2.45) is 20.5 Å². The second-order valence-corrected chi connectivity index (χ2v) is 11.7. The number of anilines is 2. The number of hydrogen-bond acceptors (Lipinski definition) is 10. The molecular formula is C34H28N6O5S. The summed E-state index contributed by atoms with van der Waals surface area (Å²) < 4.78 is 39.5. The predicted octanol–water partition coefficient (Wildman–Crippen LogP) is 8.40. The third-order valence-corrected chi connectivity index (χ3v) is 8.44. The standard InChI is InChI=1S/C34H28N6O5S/c1-45-31-17-22(12-14-28(31)38-40-30-18-32(46(42,43)44)25-8-4-5-9-26(25)34(30)36)21-11-13-27(23(16-21)19-41)37-39-29-15-10-20-6-2-3-7-24(20)33(29)35/h2-18,41H,19,35-36H2,1H3,(H,42,43,44). The summed E-state index contributed by atoms with van der Waals surface area (Å²) in [4.78, 5) is -0.322. The van der Waals surface area contributed by atoms with Gasteiger partial charge in [0.25, 0.3) is 10.1 Å². The molecule has 0 saturated heterocycles. The van der Waals surface area contributed by atoms with Crippen LogP contribution in [-0.4, -0.2) is 25.2 Å². The molecule has 0 aromatic heterocycles. The largest absolute Gasteiger partial charge is 0.494 e. The van der Waals surface area contributed by atoms with Crippen molar-refractivity contribution in [3.8, 4) is 16.9 Å². The van der Waals surface area contributed by atoms with E-state index < -0.39 is 10.1 Å². The molecule has 0 bridgehead atoms. The molecule has 12 heteroatoms. The van der Waals surface area contributed by atoms with Gasteiger partial charge in [-0.1, -0.05) is 66.7 Å². The summed E-state index contributed by atoms with van der Waals surface area (Å²) in [5, 5.41) is 29.9.